The maximum Gasteiger partial charge on any atom is 0.306 e. The van der Waals surface area contributed by atoms with Crippen molar-refractivity contribution in [1.82, 2.24) is 10.6 Å². The number of aliphatic hydroxyl groups excluding tert-OH is 1. The molecule has 0 aliphatic rings. The van der Waals surface area contributed by atoms with Gasteiger partial charge < -0.3 is 41.5 Å². The third-order valence-electron chi connectivity index (χ3n) is 10.9. The van der Waals surface area contributed by atoms with E-state index in [1.165, 1.54) is 140 Å². The van der Waals surface area contributed by atoms with Crippen LogP contribution in [-0.2, 0) is 33.4 Å². The zero-order valence-corrected chi connectivity index (χ0v) is 39.0. The van der Waals surface area contributed by atoms with Gasteiger partial charge >= 0.3 is 11.9 Å². The first-order chi connectivity index (χ1) is 29.2. The minimum absolute atomic E-state index is 0.0774. The number of rotatable bonds is 45. The quantitative estimate of drug-likeness (QED) is 0.0223. The van der Waals surface area contributed by atoms with Crippen molar-refractivity contribution in [3.8, 4) is 0 Å². The number of thioether (sulfide) groups is 1. The number of carbonyl (C=O) groups excluding carboxylic acids is 5. The lowest BCUT2D eigenvalue weighted by atomic mass is 10.0. The Bertz CT molecular complexity index is 1050. The molecule has 7 N–H and O–H groups in total. The van der Waals surface area contributed by atoms with Gasteiger partial charge in [0.25, 0.3) is 0 Å². The summed E-state index contributed by atoms with van der Waals surface area (Å²) in [4.78, 5) is 62.4. The van der Waals surface area contributed by atoms with Crippen LogP contribution in [-0.4, -0.2) is 90.6 Å². The van der Waals surface area contributed by atoms with Crippen LogP contribution in [0.1, 0.15) is 213 Å². The molecule has 0 aliphatic carbocycles. The number of esters is 2. The molecule has 13 heteroatoms. The summed E-state index contributed by atoms with van der Waals surface area (Å²) in [6.45, 7) is 4.21. The fraction of sp³-hybridized carbons (Fsp3) is 0.894. The van der Waals surface area contributed by atoms with Crippen molar-refractivity contribution in [3.05, 3.63) is 0 Å². The number of amides is 2. The zero-order chi connectivity index (χ0) is 44.3. The molecule has 0 spiro atoms. The Kier molecular flexibility index (Phi) is 41.8. The smallest absolute Gasteiger partial charge is 0.306 e. The Hall–Kier alpha value is -2.22. The van der Waals surface area contributed by atoms with Crippen molar-refractivity contribution in [3.63, 3.8) is 0 Å². The molecule has 0 radical (unpaired) electrons. The van der Waals surface area contributed by atoms with Crippen molar-refractivity contribution < 1.29 is 38.6 Å². The monoisotopic (exact) mass is 871 g/mol. The van der Waals surface area contributed by atoms with Gasteiger partial charge in [-0.25, -0.2) is 0 Å². The molecule has 1 unspecified atom stereocenters. The van der Waals surface area contributed by atoms with Crippen LogP contribution in [0.15, 0.2) is 0 Å². The van der Waals surface area contributed by atoms with E-state index in [1.807, 2.05) is 0 Å². The van der Waals surface area contributed by atoms with E-state index < -0.39 is 42.7 Å². The minimum Gasteiger partial charge on any atom is -0.462 e. The van der Waals surface area contributed by atoms with Gasteiger partial charge in [0.1, 0.15) is 25.0 Å². The summed E-state index contributed by atoms with van der Waals surface area (Å²) in [6, 6.07) is -3.07. The first-order valence-electron chi connectivity index (χ1n) is 24.3. The number of unbranched alkanes of at least 4 members (excludes halogenated alkanes) is 25. The average Bonchev–Trinajstić information content (AvgIpc) is 3.24. The maximum absolute atomic E-state index is 12.9. The van der Waals surface area contributed by atoms with Crippen molar-refractivity contribution in [2.45, 2.75) is 237 Å². The molecular weight excluding hydrogens is 781 g/mol. The van der Waals surface area contributed by atoms with Crippen molar-refractivity contribution >= 4 is 41.8 Å². The fourth-order valence-corrected chi connectivity index (χ4v) is 8.00. The van der Waals surface area contributed by atoms with Crippen LogP contribution in [0.25, 0.3) is 0 Å². The number of hydrogen-bond donors (Lipinski definition) is 5. The SMILES string of the molecule is CCCCCCCCCCCCCCCC(=O)OCC(CSC[C@H](N)C(=O)N[C@@H](CO)C(=O)N[C@H](C=O)CCCCN)OC(=O)CCCCCCCCCCCCCCC. The summed E-state index contributed by atoms with van der Waals surface area (Å²) < 4.78 is 11.3. The number of carbonyl (C=O) groups is 5. The molecule has 2 amide bonds. The molecule has 4 atom stereocenters. The second-order valence-electron chi connectivity index (χ2n) is 16.7. The normalized spacial score (nSPS) is 13.3. The fourth-order valence-electron chi connectivity index (χ4n) is 7.03. The molecule has 0 saturated carbocycles. The largest absolute Gasteiger partial charge is 0.462 e. The molecule has 0 saturated heterocycles. The van der Waals surface area contributed by atoms with Crippen LogP contribution in [0.5, 0.6) is 0 Å². The first kappa shape index (κ1) is 57.8. The molecule has 0 heterocycles. The summed E-state index contributed by atoms with van der Waals surface area (Å²) in [6.07, 6.45) is 33.9. The summed E-state index contributed by atoms with van der Waals surface area (Å²) in [7, 11) is 0. The zero-order valence-electron chi connectivity index (χ0n) is 38.2. The highest BCUT2D eigenvalue weighted by atomic mass is 32.2. The molecule has 0 rings (SSSR count). The molecule has 60 heavy (non-hydrogen) atoms. The molecule has 0 aromatic rings. The van der Waals surface area contributed by atoms with Gasteiger partial charge in [-0.05, 0) is 38.6 Å². The molecule has 352 valence electrons. The predicted octanol–water partition coefficient (Wildman–Crippen LogP) is 8.75. The van der Waals surface area contributed by atoms with Gasteiger partial charge in [-0.3, -0.25) is 19.2 Å². The second kappa shape index (κ2) is 43.4. The standard InChI is InChI=1S/C47H90N4O8S/c1-3-5-7-9-11-13-15-17-19-21-23-25-27-32-44(54)58-37-41(59-45(55)33-28-26-24-22-20-18-16-14-12-10-8-6-4-2)38-60-39-42(49)46(56)51-43(36-53)47(57)50-40(35-52)31-29-30-34-48/h35,40-43,53H,3-34,36-39,48-49H2,1-2H3,(H,50,57)(H,51,56)/t40-,41?,42-,43-/m0/s1. The van der Waals surface area contributed by atoms with Crippen molar-refractivity contribution in [1.29, 1.82) is 0 Å². The Morgan fingerprint density at radius 1 is 0.600 bits per heavy atom. The van der Waals surface area contributed by atoms with Gasteiger partial charge in [0.05, 0.1) is 18.7 Å². The molecular formula is C47H90N4O8S. The summed E-state index contributed by atoms with van der Waals surface area (Å²) >= 11 is 1.27. The number of nitrogens with two attached hydrogens (primary N) is 2. The van der Waals surface area contributed by atoms with Crippen molar-refractivity contribution in [2.75, 3.05) is 31.3 Å². The van der Waals surface area contributed by atoms with E-state index in [-0.39, 0.29) is 36.5 Å². The van der Waals surface area contributed by atoms with Gasteiger partial charge in [0, 0.05) is 24.3 Å². The van der Waals surface area contributed by atoms with Gasteiger partial charge in [0.15, 0.2) is 0 Å². The van der Waals surface area contributed by atoms with Gasteiger partial charge in [-0.2, -0.15) is 11.8 Å². The highest BCUT2D eigenvalue weighted by Gasteiger charge is 2.26. The first-order valence-corrected chi connectivity index (χ1v) is 25.4. The average molecular weight is 871 g/mol. The van der Waals surface area contributed by atoms with E-state index in [0.29, 0.717) is 38.5 Å². The lowest BCUT2D eigenvalue weighted by molar-refractivity contribution is -0.157. The van der Waals surface area contributed by atoms with E-state index in [4.69, 9.17) is 20.9 Å². The van der Waals surface area contributed by atoms with Crippen LogP contribution in [0.4, 0.5) is 0 Å². The van der Waals surface area contributed by atoms with Crippen LogP contribution in [0, 0.1) is 0 Å². The Labute approximate surface area is 369 Å². The van der Waals surface area contributed by atoms with E-state index in [9.17, 15) is 29.1 Å². The van der Waals surface area contributed by atoms with E-state index >= 15 is 0 Å². The Morgan fingerprint density at radius 3 is 1.48 bits per heavy atom. The number of aldehydes is 1. The summed E-state index contributed by atoms with van der Waals surface area (Å²) in [5.74, 6) is -1.62. The van der Waals surface area contributed by atoms with Gasteiger partial charge in [-0.15, -0.1) is 0 Å². The van der Waals surface area contributed by atoms with E-state index in [0.717, 1.165) is 38.5 Å². The molecule has 0 aliphatic heterocycles. The minimum atomic E-state index is -1.28. The highest BCUT2D eigenvalue weighted by Crippen LogP contribution is 2.16. The number of ether oxygens (including phenoxy) is 2. The molecule has 0 fully saturated rings. The number of hydrogen-bond acceptors (Lipinski definition) is 11. The van der Waals surface area contributed by atoms with Crippen LogP contribution >= 0.6 is 11.8 Å². The number of aliphatic hydroxyl groups is 1. The van der Waals surface area contributed by atoms with E-state index in [2.05, 4.69) is 24.5 Å². The molecule has 0 bridgehead atoms. The predicted molar refractivity (Wildman–Crippen MR) is 247 cm³/mol. The number of nitrogens with one attached hydrogen (secondary N) is 2. The molecule has 0 aromatic carbocycles. The maximum atomic E-state index is 12.9. The van der Waals surface area contributed by atoms with Crippen LogP contribution in [0.3, 0.4) is 0 Å². The third-order valence-corrected chi connectivity index (χ3v) is 12.1. The molecule has 12 nitrogen and oxygen atoms in total. The van der Waals surface area contributed by atoms with E-state index in [1.54, 1.807) is 0 Å². The van der Waals surface area contributed by atoms with Crippen LogP contribution in [0.2, 0.25) is 0 Å². The summed E-state index contributed by atoms with van der Waals surface area (Å²) in [5.41, 5.74) is 11.6. The van der Waals surface area contributed by atoms with Gasteiger partial charge in [0.2, 0.25) is 11.8 Å². The third kappa shape index (κ3) is 36.4. The lowest BCUT2D eigenvalue weighted by Gasteiger charge is -2.21. The summed E-state index contributed by atoms with van der Waals surface area (Å²) in [5, 5.41) is 14.8. The topological polar surface area (TPSA) is 200 Å². The second-order valence-corrected chi connectivity index (χ2v) is 17.8. The highest BCUT2D eigenvalue weighted by molar-refractivity contribution is 7.99. The Balaban J connectivity index is 4.76. The lowest BCUT2D eigenvalue weighted by Crippen LogP contribution is -2.55. The van der Waals surface area contributed by atoms with Crippen LogP contribution < -0.4 is 22.1 Å². The van der Waals surface area contributed by atoms with Crippen molar-refractivity contribution in [2.24, 2.45) is 11.5 Å². The van der Waals surface area contributed by atoms with Gasteiger partial charge in [-0.1, -0.05) is 168 Å². The Morgan fingerprint density at radius 2 is 1.05 bits per heavy atom. The molecule has 0 aromatic heterocycles.